The number of nitrogens with zero attached hydrogens (tertiary/aromatic N) is 2. The van der Waals surface area contributed by atoms with Crippen molar-refractivity contribution < 1.29 is 4.74 Å². The highest BCUT2D eigenvalue weighted by molar-refractivity contribution is 5.17. The van der Waals surface area contributed by atoms with E-state index in [4.69, 9.17) is 4.74 Å². The minimum atomic E-state index is 0.453. The van der Waals surface area contributed by atoms with E-state index in [-0.39, 0.29) is 0 Å². The Kier molecular flexibility index (Phi) is 3.54. The van der Waals surface area contributed by atoms with E-state index in [0.29, 0.717) is 11.9 Å². The second-order valence-corrected chi connectivity index (χ2v) is 4.22. The Morgan fingerprint density at radius 2 is 1.88 bits per heavy atom. The first kappa shape index (κ1) is 11.1. The molecule has 0 N–H and O–H groups in total. The van der Waals surface area contributed by atoms with Crippen molar-refractivity contribution >= 4 is 0 Å². The van der Waals surface area contributed by atoms with E-state index in [1.807, 2.05) is 12.4 Å². The van der Waals surface area contributed by atoms with Crippen LogP contribution in [0.2, 0.25) is 0 Å². The first-order chi connectivity index (χ1) is 7.83. The summed E-state index contributed by atoms with van der Waals surface area (Å²) < 4.78 is 4.96. The van der Waals surface area contributed by atoms with Gasteiger partial charge in [-0.15, -0.1) is 0 Å². The molecule has 2 rings (SSSR count). The summed E-state index contributed by atoms with van der Waals surface area (Å²) in [6.07, 6.45) is 10.9. The molecule has 1 saturated carbocycles. The minimum absolute atomic E-state index is 0.453. The van der Waals surface area contributed by atoms with Gasteiger partial charge in [0.25, 0.3) is 0 Å². The summed E-state index contributed by atoms with van der Waals surface area (Å²) in [5.41, 5.74) is 2.83. The minimum Gasteiger partial charge on any atom is -0.467 e. The van der Waals surface area contributed by atoms with Gasteiger partial charge in [-0.3, -0.25) is 0 Å². The van der Waals surface area contributed by atoms with Crippen molar-refractivity contribution in [2.24, 2.45) is 0 Å². The van der Waals surface area contributed by atoms with Gasteiger partial charge in [0.05, 0.1) is 7.11 Å². The average molecular weight is 218 g/mol. The smallest absolute Gasteiger partial charge is 0.316 e. The van der Waals surface area contributed by atoms with Crippen LogP contribution >= 0.6 is 0 Å². The Morgan fingerprint density at radius 1 is 1.25 bits per heavy atom. The first-order valence-corrected chi connectivity index (χ1v) is 5.83. The summed E-state index contributed by atoms with van der Waals surface area (Å²) >= 11 is 0. The van der Waals surface area contributed by atoms with E-state index in [9.17, 15) is 0 Å². The first-order valence-electron chi connectivity index (χ1n) is 5.83. The van der Waals surface area contributed by atoms with Crippen molar-refractivity contribution in [2.75, 3.05) is 7.11 Å². The highest BCUT2D eigenvalue weighted by Gasteiger charge is 2.18. The zero-order chi connectivity index (χ0) is 11.4. The van der Waals surface area contributed by atoms with Crippen molar-refractivity contribution in [1.29, 1.82) is 0 Å². The molecule has 3 heteroatoms. The van der Waals surface area contributed by atoms with Crippen LogP contribution in [0.1, 0.15) is 44.1 Å². The van der Waals surface area contributed by atoms with E-state index in [1.165, 1.54) is 31.2 Å². The lowest BCUT2D eigenvalue weighted by Gasteiger charge is -2.23. The largest absolute Gasteiger partial charge is 0.467 e. The van der Waals surface area contributed by atoms with Gasteiger partial charge in [0.2, 0.25) is 0 Å². The van der Waals surface area contributed by atoms with Crippen molar-refractivity contribution in [3.8, 4) is 6.01 Å². The van der Waals surface area contributed by atoms with Gasteiger partial charge in [0.15, 0.2) is 0 Å². The predicted octanol–water partition coefficient (Wildman–Crippen LogP) is 3.09. The molecule has 1 heterocycles. The standard InChI is InChI=1S/C13H18N2O/c1-3-10-4-6-11(7-5-10)12-8-14-13(16-2)15-9-12/h3,8-9,11H,4-7H2,1-2H3. The Balaban J connectivity index is 2.02. The number of hydrogen-bond donors (Lipinski definition) is 0. The maximum Gasteiger partial charge on any atom is 0.316 e. The molecule has 3 nitrogen and oxygen atoms in total. The number of methoxy groups -OCH3 is 1. The predicted molar refractivity (Wildman–Crippen MR) is 63.6 cm³/mol. The topological polar surface area (TPSA) is 35.0 Å². The zero-order valence-electron chi connectivity index (χ0n) is 9.94. The average Bonchev–Trinajstić information content (AvgIpc) is 2.39. The molecule has 0 saturated heterocycles. The molecule has 1 aromatic heterocycles. The van der Waals surface area contributed by atoms with Crippen LogP contribution in [0.15, 0.2) is 24.0 Å². The third-order valence-electron chi connectivity index (χ3n) is 3.34. The van der Waals surface area contributed by atoms with Gasteiger partial charge in [-0.1, -0.05) is 11.6 Å². The van der Waals surface area contributed by atoms with Gasteiger partial charge < -0.3 is 4.74 Å². The summed E-state index contributed by atoms with van der Waals surface area (Å²) in [4.78, 5) is 8.33. The summed E-state index contributed by atoms with van der Waals surface area (Å²) in [6, 6.07) is 0.453. The molecular weight excluding hydrogens is 200 g/mol. The normalized spacial score (nSPS) is 20.6. The molecule has 0 unspecified atom stereocenters. The fraction of sp³-hybridized carbons (Fsp3) is 0.538. The molecular formula is C13H18N2O. The second kappa shape index (κ2) is 5.10. The maximum atomic E-state index is 4.96. The van der Waals surface area contributed by atoms with Gasteiger partial charge in [-0.05, 0) is 44.1 Å². The molecule has 0 bridgehead atoms. The van der Waals surface area contributed by atoms with Gasteiger partial charge in [0.1, 0.15) is 0 Å². The molecule has 0 atom stereocenters. The van der Waals surface area contributed by atoms with Gasteiger partial charge >= 0.3 is 6.01 Å². The Labute approximate surface area is 96.6 Å². The summed E-state index contributed by atoms with van der Waals surface area (Å²) in [6.45, 7) is 2.13. The van der Waals surface area contributed by atoms with E-state index in [2.05, 4.69) is 23.0 Å². The number of rotatable bonds is 2. The third kappa shape index (κ3) is 2.40. The molecule has 0 radical (unpaired) electrons. The van der Waals surface area contributed by atoms with Crippen LogP contribution in [-0.4, -0.2) is 17.1 Å². The summed E-state index contributed by atoms with van der Waals surface area (Å²) in [5.74, 6) is 0.620. The van der Waals surface area contributed by atoms with Crippen LogP contribution in [0.4, 0.5) is 0 Å². The highest BCUT2D eigenvalue weighted by atomic mass is 16.5. The molecule has 1 aromatic rings. The van der Waals surface area contributed by atoms with Crippen LogP contribution in [0.5, 0.6) is 6.01 Å². The number of allylic oxidation sites excluding steroid dienone is 2. The molecule has 1 aliphatic carbocycles. The molecule has 0 aromatic carbocycles. The van der Waals surface area contributed by atoms with Crippen molar-refractivity contribution in [1.82, 2.24) is 9.97 Å². The van der Waals surface area contributed by atoms with Gasteiger partial charge in [-0.2, -0.15) is 0 Å². The van der Waals surface area contributed by atoms with Gasteiger partial charge in [0, 0.05) is 12.4 Å². The monoisotopic (exact) mass is 218 g/mol. The summed E-state index contributed by atoms with van der Waals surface area (Å²) in [5, 5.41) is 0. The lowest BCUT2D eigenvalue weighted by Crippen LogP contribution is -2.07. The van der Waals surface area contributed by atoms with Crippen molar-refractivity contribution in [3.05, 3.63) is 29.6 Å². The van der Waals surface area contributed by atoms with E-state index in [0.717, 1.165) is 0 Å². The Hall–Kier alpha value is -1.38. The van der Waals surface area contributed by atoms with Crippen LogP contribution in [0.25, 0.3) is 0 Å². The number of aromatic nitrogens is 2. The fourth-order valence-electron chi connectivity index (χ4n) is 2.25. The van der Waals surface area contributed by atoms with E-state index in [1.54, 1.807) is 12.7 Å². The molecule has 1 fully saturated rings. The molecule has 0 amide bonds. The van der Waals surface area contributed by atoms with E-state index >= 15 is 0 Å². The second-order valence-electron chi connectivity index (χ2n) is 4.22. The maximum absolute atomic E-state index is 4.96. The molecule has 86 valence electrons. The van der Waals surface area contributed by atoms with Crippen LogP contribution in [-0.2, 0) is 0 Å². The summed E-state index contributed by atoms with van der Waals surface area (Å²) in [7, 11) is 1.59. The van der Waals surface area contributed by atoms with Crippen molar-refractivity contribution in [3.63, 3.8) is 0 Å². The van der Waals surface area contributed by atoms with Crippen LogP contribution in [0, 0.1) is 0 Å². The molecule has 1 aliphatic rings. The SMILES string of the molecule is CC=C1CCC(c2cnc(OC)nc2)CC1. The third-order valence-corrected chi connectivity index (χ3v) is 3.34. The lowest BCUT2D eigenvalue weighted by atomic mass is 9.82. The lowest BCUT2D eigenvalue weighted by molar-refractivity contribution is 0.378. The van der Waals surface area contributed by atoms with Gasteiger partial charge in [-0.25, -0.2) is 9.97 Å². The highest BCUT2D eigenvalue weighted by Crippen LogP contribution is 2.34. The molecule has 16 heavy (non-hydrogen) atoms. The number of hydrogen-bond acceptors (Lipinski definition) is 3. The van der Waals surface area contributed by atoms with Crippen LogP contribution in [0.3, 0.4) is 0 Å². The van der Waals surface area contributed by atoms with E-state index < -0.39 is 0 Å². The fourth-order valence-corrected chi connectivity index (χ4v) is 2.25. The van der Waals surface area contributed by atoms with Crippen molar-refractivity contribution in [2.45, 2.75) is 38.5 Å². The molecule has 0 aliphatic heterocycles. The Bertz CT molecular complexity index is 360. The zero-order valence-corrected chi connectivity index (χ0v) is 9.94. The number of ether oxygens (including phenoxy) is 1. The van der Waals surface area contributed by atoms with Crippen LogP contribution < -0.4 is 4.74 Å². The molecule has 0 spiro atoms. The quantitative estimate of drug-likeness (QED) is 0.715. The Morgan fingerprint density at radius 3 is 2.38 bits per heavy atom.